The van der Waals surface area contributed by atoms with Gasteiger partial charge in [0.1, 0.15) is 17.3 Å². The third kappa shape index (κ3) is 7.39. The van der Waals surface area contributed by atoms with Gasteiger partial charge in [0.2, 0.25) is 5.91 Å². The van der Waals surface area contributed by atoms with E-state index in [4.69, 9.17) is 15.2 Å². The lowest BCUT2D eigenvalue weighted by Crippen LogP contribution is -2.26. The normalized spacial score (nSPS) is 11.9. The van der Waals surface area contributed by atoms with Crippen LogP contribution in [0.3, 0.4) is 0 Å². The highest BCUT2D eigenvalue weighted by Crippen LogP contribution is 2.38. The van der Waals surface area contributed by atoms with E-state index in [0.717, 1.165) is 53.3 Å². The first kappa shape index (κ1) is 28.2. The van der Waals surface area contributed by atoms with E-state index in [0.29, 0.717) is 31.1 Å². The standard InChI is InChI=1S/C32H38FN3O3/c1-38-26-17-24(18-27(19-26)39-2)29(20-32(37)35-16-8-4-3-7-15-34)30-22-36(31-10-6-5-9-28(30)31)21-23-11-13-25(33)14-12-23/h5-6,9-14,17-19,22,29H,3-4,7-8,15-16,20-21,34H2,1-2H3,(H,35,37). The molecule has 7 heteroatoms. The lowest BCUT2D eigenvalue weighted by Gasteiger charge is -2.19. The van der Waals surface area contributed by atoms with Gasteiger partial charge < -0.3 is 25.1 Å². The molecule has 1 atom stereocenters. The molecule has 39 heavy (non-hydrogen) atoms. The number of unbranched alkanes of at least 4 members (excludes halogenated alkanes) is 3. The number of carbonyl (C=O) groups is 1. The zero-order valence-corrected chi connectivity index (χ0v) is 22.8. The highest BCUT2D eigenvalue weighted by molar-refractivity contribution is 5.87. The highest BCUT2D eigenvalue weighted by Gasteiger charge is 2.24. The second kappa shape index (κ2) is 13.8. The van der Waals surface area contributed by atoms with Gasteiger partial charge in [-0.2, -0.15) is 0 Å². The zero-order valence-electron chi connectivity index (χ0n) is 22.8. The lowest BCUT2D eigenvalue weighted by atomic mass is 9.87. The summed E-state index contributed by atoms with van der Waals surface area (Å²) in [7, 11) is 3.25. The van der Waals surface area contributed by atoms with Crippen LogP contribution in [0.4, 0.5) is 4.39 Å². The fourth-order valence-electron chi connectivity index (χ4n) is 5.02. The summed E-state index contributed by atoms with van der Waals surface area (Å²) >= 11 is 0. The number of rotatable bonds is 14. The van der Waals surface area contributed by atoms with Crippen LogP contribution in [0.5, 0.6) is 11.5 Å². The Labute approximate surface area is 229 Å². The van der Waals surface area contributed by atoms with Crippen molar-refractivity contribution in [1.82, 2.24) is 9.88 Å². The maximum absolute atomic E-state index is 13.5. The molecule has 0 aliphatic carbocycles. The molecule has 206 valence electrons. The largest absolute Gasteiger partial charge is 0.497 e. The van der Waals surface area contributed by atoms with E-state index in [-0.39, 0.29) is 24.1 Å². The summed E-state index contributed by atoms with van der Waals surface area (Å²) in [6.07, 6.45) is 6.46. The number of nitrogens with one attached hydrogen (secondary N) is 1. The number of aromatic nitrogens is 1. The van der Waals surface area contributed by atoms with Gasteiger partial charge in [-0.1, -0.05) is 43.2 Å². The number of amides is 1. The fraction of sp³-hybridized carbons (Fsp3) is 0.344. The van der Waals surface area contributed by atoms with Crippen molar-refractivity contribution in [2.75, 3.05) is 27.3 Å². The molecule has 3 aromatic carbocycles. The molecule has 0 saturated heterocycles. The van der Waals surface area contributed by atoms with E-state index >= 15 is 0 Å². The molecule has 0 radical (unpaired) electrons. The zero-order chi connectivity index (χ0) is 27.6. The molecule has 0 aliphatic heterocycles. The van der Waals surface area contributed by atoms with Crippen molar-refractivity contribution in [3.05, 3.63) is 95.4 Å². The van der Waals surface area contributed by atoms with Gasteiger partial charge in [0, 0.05) is 48.6 Å². The molecule has 0 aliphatic rings. The molecule has 1 amide bonds. The maximum Gasteiger partial charge on any atom is 0.220 e. The summed E-state index contributed by atoms with van der Waals surface area (Å²) in [5.41, 5.74) is 9.61. The molecule has 1 heterocycles. The summed E-state index contributed by atoms with van der Waals surface area (Å²) < 4.78 is 26.8. The summed E-state index contributed by atoms with van der Waals surface area (Å²) in [6, 6.07) is 20.5. The average molecular weight is 532 g/mol. The number of ether oxygens (including phenoxy) is 2. The van der Waals surface area contributed by atoms with Crippen LogP contribution in [0.25, 0.3) is 10.9 Å². The predicted octanol–water partition coefficient (Wildman–Crippen LogP) is 6.00. The number of hydrogen-bond donors (Lipinski definition) is 2. The Morgan fingerprint density at radius 3 is 2.33 bits per heavy atom. The molecular weight excluding hydrogens is 493 g/mol. The fourth-order valence-corrected chi connectivity index (χ4v) is 5.02. The quantitative estimate of drug-likeness (QED) is 0.196. The van der Waals surface area contributed by atoms with Crippen molar-refractivity contribution in [3.63, 3.8) is 0 Å². The smallest absolute Gasteiger partial charge is 0.220 e. The number of halogens is 1. The number of carbonyl (C=O) groups excluding carboxylic acids is 1. The second-order valence-corrected chi connectivity index (χ2v) is 9.81. The van der Waals surface area contributed by atoms with Crippen molar-refractivity contribution in [1.29, 1.82) is 0 Å². The minimum atomic E-state index is -0.255. The molecule has 0 spiro atoms. The number of nitrogens with two attached hydrogens (primary N) is 1. The number of methoxy groups -OCH3 is 2. The molecular formula is C32H38FN3O3. The van der Waals surface area contributed by atoms with Gasteiger partial charge in [0.25, 0.3) is 0 Å². The molecule has 0 bridgehead atoms. The van der Waals surface area contributed by atoms with E-state index in [1.165, 1.54) is 12.1 Å². The first-order valence-electron chi connectivity index (χ1n) is 13.5. The van der Waals surface area contributed by atoms with Gasteiger partial charge in [-0.15, -0.1) is 0 Å². The third-order valence-electron chi connectivity index (χ3n) is 7.08. The van der Waals surface area contributed by atoms with Gasteiger partial charge >= 0.3 is 0 Å². The topological polar surface area (TPSA) is 78.5 Å². The first-order chi connectivity index (χ1) is 19.0. The van der Waals surface area contributed by atoms with Gasteiger partial charge in [-0.3, -0.25) is 4.79 Å². The molecule has 4 aromatic rings. The number of benzene rings is 3. The van der Waals surface area contributed by atoms with Crippen LogP contribution in [0.2, 0.25) is 0 Å². The Kier molecular flexibility index (Phi) is 9.97. The summed E-state index contributed by atoms with van der Waals surface area (Å²) in [4.78, 5) is 13.2. The molecule has 4 rings (SSSR count). The second-order valence-electron chi connectivity index (χ2n) is 9.81. The lowest BCUT2D eigenvalue weighted by molar-refractivity contribution is -0.121. The van der Waals surface area contributed by atoms with Crippen LogP contribution in [0.15, 0.2) is 72.9 Å². The van der Waals surface area contributed by atoms with Crippen molar-refractivity contribution < 1.29 is 18.7 Å². The molecule has 0 fully saturated rings. The van der Waals surface area contributed by atoms with E-state index < -0.39 is 0 Å². The number of nitrogens with zero attached hydrogens (tertiary/aromatic N) is 1. The Bertz CT molecular complexity index is 1340. The van der Waals surface area contributed by atoms with Crippen LogP contribution >= 0.6 is 0 Å². The van der Waals surface area contributed by atoms with Crippen molar-refractivity contribution >= 4 is 16.8 Å². The Balaban J connectivity index is 1.68. The van der Waals surface area contributed by atoms with Gasteiger partial charge in [-0.25, -0.2) is 4.39 Å². The van der Waals surface area contributed by atoms with E-state index in [1.807, 2.05) is 30.3 Å². The Hall–Kier alpha value is -3.84. The first-order valence-corrected chi connectivity index (χ1v) is 13.5. The number of para-hydroxylation sites is 1. The van der Waals surface area contributed by atoms with Gasteiger partial charge in [0.05, 0.1) is 14.2 Å². The van der Waals surface area contributed by atoms with Gasteiger partial charge in [-0.05, 0) is 66.4 Å². The summed E-state index contributed by atoms with van der Waals surface area (Å²) in [6.45, 7) is 1.93. The number of hydrogen-bond acceptors (Lipinski definition) is 4. The summed E-state index contributed by atoms with van der Waals surface area (Å²) in [5, 5.41) is 4.18. The molecule has 1 unspecified atom stereocenters. The Morgan fingerprint density at radius 2 is 1.64 bits per heavy atom. The Morgan fingerprint density at radius 1 is 0.949 bits per heavy atom. The van der Waals surface area contributed by atoms with Crippen LogP contribution in [0, 0.1) is 5.82 Å². The van der Waals surface area contributed by atoms with Crippen molar-refractivity contribution in [3.8, 4) is 11.5 Å². The SMILES string of the molecule is COc1cc(OC)cc(C(CC(=O)NCCCCCCN)c2cn(Cc3ccc(F)cc3)c3ccccc23)c1. The molecule has 1 aromatic heterocycles. The minimum Gasteiger partial charge on any atom is -0.497 e. The van der Waals surface area contributed by atoms with E-state index in [2.05, 4.69) is 28.2 Å². The molecule has 0 saturated carbocycles. The maximum atomic E-state index is 13.5. The highest BCUT2D eigenvalue weighted by atomic mass is 19.1. The van der Waals surface area contributed by atoms with Crippen LogP contribution in [-0.2, 0) is 11.3 Å². The van der Waals surface area contributed by atoms with Crippen molar-refractivity contribution in [2.45, 2.75) is 44.6 Å². The summed E-state index contributed by atoms with van der Waals surface area (Å²) in [5.74, 6) is 0.852. The number of fused-ring (bicyclic) bond motifs is 1. The van der Waals surface area contributed by atoms with Gasteiger partial charge in [0.15, 0.2) is 0 Å². The van der Waals surface area contributed by atoms with Crippen LogP contribution < -0.4 is 20.5 Å². The van der Waals surface area contributed by atoms with Crippen LogP contribution in [0.1, 0.15) is 54.7 Å². The molecule has 6 nitrogen and oxygen atoms in total. The monoisotopic (exact) mass is 531 g/mol. The van der Waals surface area contributed by atoms with E-state index in [9.17, 15) is 9.18 Å². The minimum absolute atomic E-state index is 0.00372. The van der Waals surface area contributed by atoms with E-state index in [1.54, 1.807) is 26.4 Å². The third-order valence-corrected chi connectivity index (χ3v) is 7.08. The van der Waals surface area contributed by atoms with Crippen LogP contribution in [-0.4, -0.2) is 37.8 Å². The van der Waals surface area contributed by atoms with Crippen molar-refractivity contribution in [2.24, 2.45) is 5.73 Å². The average Bonchev–Trinajstić information content (AvgIpc) is 3.32. The molecule has 3 N–H and O–H groups in total. The predicted molar refractivity (Wildman–Crippen MR) is 154 cm³/mol.